The van der Waals surface area contributed by atoms with Crippen LogP contribution in [-0.4, -0.2) is 27.6 Å². The van der Waals surface area contributed by atoms with Gasteiger partial charge in [0.05, 0.1) is 0 Å². The summed E-state index contributed by atoms with van der Waals surface area (Å²) in [5.41, 5.74) is 2.10. The Hall–Kier alpha value is -2.62. The third-order valence-corrected chi connectivity index (χ3v) is 4.38. The van der Waals surface area contributed by atoms with Gasteiger partial charge in [-0.25, -0.2) is 0 Å². The molecule has 0 fully saturated rings. The number of ether oxygens (including phenoxy) is 2. The highest BCUT2D eigenvalue weighted by atomic mass is 16.8. The second-order valence-corrected chi connectivity index (χ2v) is 5.72. The molecule has 3 heterocycles. The fraction of sp³-hybridized carbons (Fsp3) is 0.222. The lowest BCUT2D eigenvalue weighted by Gasteiger charge is -2.13. The van der Waals surface area contributed by atoms with E-state index in [1.165, 1.54) is 0 Å². The molecule has 4 heteroatoms. The van der Waals surface area contributed by atoms with Crippen LogP contribution in [-0.2, 0) is 0 Å². The number of fused-ring (bicyclic) bond motifs is 4. The second-order valence-electron chi connectivity index (χ2n) is 5.72. The lowest BCUT2D eigenvalue weighted by Crippen LogP contribution is -2.53. The molecule has 0 bridgehead atoms. The van der Waals surface area contributed by atoms with Crippen molar-refractivity contribution >= 4 is 23.8 Å². The van der Waals surface area contributed by atoms with Crippen LogP contribution < -0.4 is 9.47 Å². The molecule has 2 aromatic rings. The van der Waals surface area contributed by atoms with Crippen molar-refractivity contribution in [2.24, 2.45) is 0 Å². The van der Waals surface area contributed by atoms with Crippen LogP contribution in [0.1, 0.15) is 19.3 Å². The molecule has 22 heavy (non-hydrogen) atoms. The second kappa shape index (κ2) is 4.19. The van der Waals surface area contributed by atoms with Crippen molar-refractivity contribution in [3.05, 3.63) is 48.5 Å². The van der Waals surface area contributed by atoms with Gasteiger partial charge >= 0.3 is 6.03 Å². The van der Waals surface area contributed by atoms with Gasteiger partial charge in [-0.05, 0) is 18.6 Å². The predicted molar refractivity (Wildman–Crippen MR) is 82.7 cm³/mol. The van der Waals surface area contributed by atoms with Gasteiger partial charge in [0, 0.05) is 25.0 Å². The molecule has 1 spiro atoms. The van der Waals surface area contributed by atoms with E-state index in [1.54, 1.807) is 0 Å². The summed E-state index contributed by atoms with van der Waals surface area (Å²) >= 11 is 0. The minimum absolute atomic E-state index is 0.854. The standard InChI is InChI=1S/C18H16N2O2/c1-6-12-19-14-8-2-4-10-16(14)21-18(19)20(13-7-1)15-9-3-5-11-17(15)22-18/h2-5,8-13H,1,6-7H2/q+2/b19-12+,20-13?. The first-order chi connectivity index (χ1) is 10.9. The van der Waals surface area contributed by atoms with E-state index in [0.29, 0.717) is 0 Å². The highest BCUT2D eigenvalue weighted by molar-refractivity contribution is 5.63. The molecule has 0 amide bonds. The average molecular weight is 292 g/mol. The number of para-hydroxylation sites is 4. The van der Waals surface area contributed by atoms with Crippen LogP contribution in [0.5, 0.6) is 11.5 Å². The number of nitrogens with zero attached hydrogens (tertiary/aromatic N) is 2. The first-order valence-corrected chi connectivity index (χ1v) is 7.70. The molecule has 3 aliphatic rings. The Kier molecular flexibility index (Phi) is 2.28. The first-order valence-electron chi connectivity index (χ1n) is 7.70. The van der Waals surface area contributed by atoms with Crippen LogP contribution in [0.3, 0.4) is 0 Å². The molecule has 1 atom stereocenters. The Morgan fingerprint density at radius 2 is 1.23 bits per heavy atom. The summed E-state index contributed by atoms with van der Waals surface area (Å²) < 4.78 is 16.9. The summed E-state index contributed by atoms with van der Waals surface area (Å²) in [4.78, 5) is 0. The fourth-order valence-corrected chi connectivity index (χ4v) is 3.40. The Morgan fingerprint density at radius 3 is 1.77 bits per heavy atom. The maximum Gasteiger partial charge on any atom is 0.714 e. The molecule has 0 aromatic heterocycles. The maximum atomic E-state index is 6.31. The Labute approximate surface area is 128 Å². The molecular formula is C18H16N2O2+2. The Morgan fingerprint density at radius 1 is 0.727 bits per heavy atom. The van der Waals surface area contributed by atoms with Gasteiger partial charge in [-0.2, -0.15) is 0 Å². The van der Waals surface area contributed by atoms with Crippen LogP contribution >= 0.6 is 0 Å². The molecule has 0 N–H and O–H groups in total. The van der Waals surface area contributed by atoms with E-state index in [-0.39, 0.29) is 0 Å². The number of benzene rings is 2. The van der Waals surface area contributed by atoms with Gasteiger partial charge in [-0.1, -0.05) is 33.4 Å². The SMILES string of the molecule is C1=[N+]2c3ccccc3OC23Oc2ccccc2/[N+]3=C\CCC1. The van der Waals surface area contributed by atoms with Crippen molar-refractivity contribution in [1.82, 2.24) is 0 Å². The van der Waals surface area contributed by atoms with Crippen molar-refractivity contribution in [3.63, 3.8) is 0 Å². The molecule has 0 saturated carbocycles. The predicted octanol–water partition coefficient (Wildman–Crippen LogP) is 3.40. The first kappa shape index (κ1) is 12.0. The van der Waals surface area contributed by atoms with Crippen molar-refractivity contribution in [2.45, 2.75) is 25.3 Å². The van der Waals surface area contributed by atoms with Gasteiger partial charge in [0.1, 0.15) is 0 Å². The highest BCUT2D eigenvalue weighted by Crippen LogP contribution is 2.49. The molecule has 4 nitrogen and oxygen atoms in total. The average Bonchev–Trinajstić information content (AvgIpc) is 2.99. The van der Waals surface area contributed by atoms with Crippen molar-refractivity contribution < 1.29 is 18.6 Å². The molecule has 2 aromatic carbocycles. The molecule has 108 valence electrons. The summed E-state index contributed by atoms with van der Waals surface area (Å²) in [5, 5.41) is 0. The molecule has 0 radical (unpaired) electrons. The lowest BCUT2D eigenvalue weighted by molar-refractivity contribution is -0.831. The molecule has 0 aliphatic carbocycles. The summed E-state index contributed by atoms with van der Waals surface area (Å²) in [5.74, 6) is 1.71. The van der Waals surface area contributed by atoms with Gasteiger partial charge in [0.2, 0.25) is 11.5 Å². The van der Waals surface area contributed by atoms with Gasteiger partial charge in [0.15, 0.2) is 12.4 Å². The van der Waals surface area contributed by atoms with Crippen molar-refractivity contribution in [2.75, 3.05) is 0 Å². The molecule has 1 unspecified atom stereocenters. The Balaban J connectivity index is 1.78. The highest BCUT2D eigenvalue weighted by Gasteiger charge is 2.71. The van der Waals surface area contributed by atoms with Crippen LogP contribution in [0.25, 0.3) is 0 Å². The van der Waals surface area contributed by atoms with Crippen molar-refractivity contribution in [1.29, 1.82) is 0 Å². The normalized spacial score (nSPS) is 26.7. The Bertz CT molecular complexity index is 769. The third-order valence-electron chi connectivity index (χ3n) is 4.38. The van der Waals surface area contributed by atoms with Gasteiger partial charge in [0.25, 0.3) is 11.4 Å². The minimum Gasteiger partial charge on any atom is -0.334 e. The summed E-state index contributed by atoms with van der Waals surface area (Å²) in [6, 6.07) is 15.2. The number of hydrogen-bond acceptors (Lipinski definition) is 2. The minimum atomic E-state index is -0.951. The van der Waals surface area contributed by atoms with Gasteiger partial charge < -0.3 is 9.47 Å². The number of hydrogen-bond donors (Lipinski definition) is 0. The van der Waals surface area contributed by atoms with E-state index in [9.17, 15) is 0 Å². The van der Waals surface area contributed by atoms with E-state index in [0.717, 1.165) is 42.1 Å². The van der Waals surface area contributed by atoms with Crippen molar-refractivity contribution in [3.8, 4) is 11.5 Å². The monoisotopic (exact) mass is 292 g/mol. The maximum absolute atomic E-state index is 6.31. The van der Waals surface area contributed by atoms with Gasteiger partial charge in [-0.3, -0.25) is 0 Å². The largest absolute Gasteiger partial charge is 0.714 e. The van der Waals surface area contributed by atoms with E-state index < -0.39 is 6.03 Å². The summed E-state index contributed by atoms with van der Waals surface area (Å²) in [6.45, 7) is 0. The van der Waals surface area contributed by atoms with E-state index >= 15 is 0 Å². The zero-order valence-corrected chi connectivity index (χ0v) is 12.1. The molecular weight excluding hydrogens is 276 g/mol. The topological polar surface area (TPSA) is 24.5 Å². The molecule has 0 saturated heterocycles. The molecule has 3 aliphatic heterocycles. The summed E-state index contributed by atoms with van der Waals surface area (Å²) in [7, 11) is 0. The fourth-order valence-electron chi connectivity index (χ4n) is 3.40. The smallest absolute Gasteiger partial charge is 0.334 e. The lowest BCUT2D eigenvalue weighted by atomic mass is 10.2. The van der Waals surface area contributed by atoms with Crippen LogP contribution in [0, 0.1) is 0 Å². The number of rotatable bonds is 0. The third kappa shape index (κ3) is 1.42. The van der Waals surface area contributed by atoms with Gasteiger partial charge in [-0.15, -0.1) is 0 Å². The van der Waals surface area contributed by atoms with Crippen LogP contribution in [0.15, 0.2) is 48.5 Å². The van der Waals surface area contributed by atoms with Crippen LogP contribution in [0.4, 0.5) is 11.4 Å². The molecule has 5 rings (SSSR count). The van der Waals surface area contributed by atoms with Crippen LogP contribution in [0.2, 0.25) is 0 Å². The zero-order chi connectivity index (χ0) is 14.6. The summed E-state index contributed by atoms with van der Waals surface area (Å²) in [6.07, 6.45) is 7.51. The van der Waals surface area contributed by atoms with E-state index in [4.69, 9.17) is 9.47 Å². The quantitative estimate of drug-likeness (QED) is 0.695. The zero-order valence-electron chi connectivity index (χ0n) is 12.1. The van der Waals surface area contributed by atoms with E-state index in [2.05, 4.69) is 33.7 Å². The van der Waals surface area contributed by atoms with E-state index in [1.807, 2.05) is 36.4 Å².